The summed E-state index contributed by atoms with van der Waals surface area (Å²) in [5.41, 5.74) is -3.41. The predicted octanol–water partition coefficient (Wildman–Crippen LogP) is 2.46. The Morgan fingerprint density at radius 3 is 0.971 bits per heavy atom. The molecular weight excluding hydrogens is 516 g/mol. The van der Waals surface area contributed by atoms with Gasteiger partial charge < -0.3 is 30.6 Å². The van der Waals surface area contributed by atoms with E-state index in [9.17, 15) is 45.0 Å². The number of hydrogen-bond donors (Lipinski definition) is 6. The topological polar surface area (TPSA) is 173 Å². The highest BCUT2D eigenvalue weighted by atomic mass is 32.2. The third-order valence-corrected chi connectivity index (χ3v) is 11.3. The molecule has 206 valence electrons. The van der Waals surface area contributed by atoms with Crippen LogP contribution in [0.15, 0.2) is 0 Å². The fourth-order valence-electron chi connectivity index (χ4n) is 4.97. The molecule has 6 N–H and O–H groups in total. The van der Waals surface area contributed by atoms with Gasteiger partial charge in [0.1, 0.15) is 0 Å². The summed E-state index contributed by atoms with van der Waals surface area (Å²) in [4.78, 5) is 37.1. The molecule has 0 aromatic carbocycles. The van der Waals surface area contributed by atoms with E-state index < -0.39 is 82.1 Å². The van der Waals surface area contributed by atoms with E-state index >= 15 is 0 Å². The van der Waals surface area contributed by atoms with Gasteiger partial charge >= 0.3 is 17.9 Å². The molecule has 0 aliphatic carbocycles. The largest absolute Gasteiger partial charge is 0.481 e. The zero-order valence-electron chi connectivity index (χ0n) is 21.3. The Balaban J connectivity index is 8.19. The molecule has 0 amide bonds. The van der Waals surface area contributed by atoms with Gasteiger partial charge in [-0.15, -0.1) is 0 Å². The molecule has 0 aromatic rings. The molecule has 0 aliphatic rings. The quantitative estimate of drug-likeness (QED) is 0.137. The summed E-state index contributed by atoms with van der Waals surface area (Å²) in [5.74, 6) is -5.59. The van der Waals surface area contributed by atoms with Crippen LogP contribution in [0.5, 0.6) is 0 Å². The molecule has 0 aromatic heterocycles. The Labute approximate surface area is 220 Å². The second-order valence-corrected chi connectivity index (χ2v) is 13.0. The minimum atomic E-state index is -1.78. The number of hydrogen-bond acceptors (Lipinski definition) is 9. The van der Waals surface area contributed by atoms with Crippen molar-refractivity contribution in [3.8, 4) is 0 Å². The summed E-state index contributed by atoms with van der Waals surface area (Å²) < 4.78 is 0. The number of carbonyl (C=O) groups is 3. The molecule has 0 rings (SSSR count). The van der Waals surface area contributed by atoms with Crippen LogP contribution in [0.4, 0.5) is 0 Å². The molecule has 9 nitrogen and oxygen atoms in total. The molecule has 0 spiro atoms. The van der Waals surface area contributed by atoms with Crippen LogP contribution in [0.1, 0.15) is 41.5 Å². The van der Waals surface area contributed by atoms with Gasteiger partial charge in [-0.3, -0.25) is 14.4 Å². The maximum Gasteiger partial charge on any atom is 0.307 e. The van der Waals surface area contributed by atoms with Gasteiger partial charge in [0, 0.05) is 26.6 Å². The lowest BCUT2D eigenvalue weighted by molar-refractivity contribution is -0.155. The average Bonchev–Trinajstić information content (AvgIpc) is 2.82. The second-order valence-electron chi connectivity index (χ2n) is 8.70. The van der Waals surface area contributed by atoms with Crippen LogP contribution in [0, 0.1) is 28.6 Å². The molecule has 0 radical (unpaired) electrons. The van der Waals surface area contributed by atoms with E-state index in [1.165, 1.54) is 56.1 Å². The number of carboxylic acids is 3. The first-order valence-electron chi connectivity index (χ1n) is 11.7. The normalized spacial score (nSPS) is 19.1. The van der Waals surface area contributed by atoms with Gasteiger partial charge in [0.2, 0.25) is 0 Å². The molecule has 6 unspecified atom stereocenters. The van der Waals surface area contributed by atoms with Crippen molar-refractivity contribution in [3.63, 3.8) is 0 Å². The third-order valence-electron chi connectivity index (χ3n) is 6.81. The van der Waals surface area contributed by atoms with Crippen molar-refractivity contribution in [3.05, 3.63) is 0 Å². The van der Waals surface area contributed by atoms with E-state index in [0.29, 0.717) is 17.3 Å². The average molecular weight is 559 g/mol. The third kappa shape index (κ3) is 7.01. The number of carboxylic acid groups (broad SMARTS) is 3. The summed E-state index contributed by atoms with van der Waals surface area (Å²) >= 11 is 3.70. The van der Waals surface area contributed by atoms with E-state index in [0.717, 1.165) is 0 Å². The summed E-state index contributed by atoms with van der Waals surface area (Å²) in [7, 11) is 0. The molecule has 6 atom stereocenters. The lowest BCUT2D eigenvalue weighted by atomic mass is 9.53. The van der Waals surface area contributed by atoms with Crippen molar-refractivity contribution in [2.24, 2.45) is 28.6 Å². The van der Waals surface area contributed by atoms with E-state index in [1.54, 1.807) is 20.8 Å². The van der Waals surface area contributed by atoms with Crippen LogP contribution >= 0.6 is 35.3 Å². The Morgan fingerprint density at radius 1 is 0.600 bits per heavy atom. The first kappa shape index (κ1) is 34.3. The lowest BCUT2D eigenvalue weighted by Crippen LogP contribution is -2.69. The van der Waals surface area contributed by atoms with Crippen molar-refractivity contribution >= 4 is 53.2 Å². The van der Waals surface area contributed by atoms with Gasteiger partial charge in [-0.25, -0.2) is 0 Å². The van der Waals surface area contributed by atoms with Crippen LogP contribution in [-0.2, 0) is 14.4 Å². The summed E-state index contributed by atoms with van der Waals surface area (Å²) in [6, 6.07) is 0. The fourth-order valence-corrected chi connectivity index (χ4v) is 9.97. The van der Waals surface area contributed by atoms with Crippen molar-refractivity contribution < 1.29 is 45.0 Å². The zero-order chi connectivity index (χ0) is 27.6. The van der Waals surface area contributed by atoms with Crippen LogP contribution in [-0.4, -0.2) is 101 Å². The van der Waals surface area contributed by atoms with Gasteiger partial charge in [0.05, 0.1) is 37.6 Å². The molecule has 0 saturated carbocycles. The Bertz CT molecular complexity index is 605. The maximum atomic E-state index is 12.4. The van der Waals surface area contributed by atoms with Gasteiger partial charge in [0.15, 0.2) is 0 Å². The summed E-state index contributed by atoms with van der Waals surface area (Å²) in [5, 5.41) is 59.7. The van der Waals surface area contributed by atoms with Crippen LogP contribution in [0.2, 0.25) is 0 Å². The highest BCUT2D eigenvalue weighted by molar-refractivity contribution is 8.01. The van der Waals surface area contributed by atoms with Crippen LogP contribution in [0.25, 0.3) is 0 Å². The second kappa shape index (κ2) is 15.6. The van der Waals surface area contributed by atoms with E-state index in [2.05, 4.69) is 0 Å². The van der Waals surface area contributed by atoms with Crippen LogP contribution < -0.4 is 0 Å². The Hall–Kier alpha value is -0.660. The fraction of sp³-hybridized carbons (Fsp3) is 0.870. The van der Waals surface area contributed by atoms with Crippen LogP contribution in [0.3, 0.4) is 0 Å². The highest BCUT2D eigenvalue weighted by Crippen LogP contribution is 2.62. The highest BCUT2D eigenvalue weighted by Gasteiger charge is 2.67. The number of aliphatic hydroxyl groups excluding tert-OH is 3. The van der Waals surface area contributed by atoms with Gasteiger partial charge in [-0.1, -0.05) is 41.5 Å². The number of aliphatic carboxylic acids is 3. The zero-order valence-corrected chi connectivity index (χ0v) is 23.8. The SMILES string of the molecule is CCSC(C(C)C(=O)O)C(C(SCC)C(C)C(=O)O)(C(SCC)C(C)C(=O)O)C(CO)(CO)CO. The van der Waals surface area contributed by atoms with Gasteiger partial charge in [-0.05, 0) is 17.3 Å². The molecule has 0 aliphatic heterocycles. The van der Waals surface area contributed by atoms with Crippen molar-refractivity contribution in [2.75, 3.05) is 37.1 Å². The van der Waals surface area contributed by atoms with Crippen molar-refractivity contribution in [1.29, 1.82) is 0 Å². The molecule has 35 heavy (non-hydrogen) atoms. The summed E-state index contributed by atoms with van der Waals surface area (Å²) in [6.45, 7) is 7.48. The van der Waals surface area contributed by atoms with Crippen molar-refractivity contribution in [1.82, 2.24) is 0 Å². The number of rotatable bonds is 19. The first-order valence-corrected chi connectivity index (χ1v) is 14.8. The minimum Gasteiger partial charge on any atom is -0.481 e. The van der Waals surface area contributed by atoms with Gasteiger partial charge in [0.25, 0.3) is 0 Å². The molecule has 0 saturated heterocycles. The maximum absolute atomic E-state index is 12.4. The molecule has 0 heterocycles. The Morgan fingerprint density at radius 2 is 0.829 bits per heavy atom. The summed E-state index contributed by atoms with van der Waals surface area (Å²) in [6.07, 6.45) is 0. The molecule has 12 heteroatoms. The van der Waals surface area contributed by atoms with E-state index in [-0.39, 0.29) is 0 Å². The smallest absolute Gasteiger partial charge is 0.307 e. The monoisotopic (exact) mass is 558 g/mol. The molecular formula is C23H42O9S3. The minimum absolute atomic E-state index is 0.415. The van der Waals surface area contributed by atoms with E-state index in [1.807, 2.05) is 0 Å². The van der Waals surface area contributed by atoms with Crippen molar-refractivity contribution in [2.45, 2.75) is 57.3 Å². The molecule has 0 fully saturated rings. The van der Waals surface area contributed by atoms with Gasteiger partial charge in [-0.2, -0.15) is 35.3 Å². The number of aliphatic hydroxyl groups is 3. The van der Waals surface area contributed by atoms with E-state index in [4.69, 9.17) is 0 Å². The molecule has 0 bridgehead atoms. The predicted molar refractivity (Wildman–Crippen MR) is 142 cm³/mol. The Kier molecular flexibility index (Phi) is 15.3. The standard InChI is InChI=1S/C23H42O9S3/c1-7-33-16(13(4)19(27)28)23(22(10-24,11-25)12-26,17(34-8-2)14(5)20(29)30)18(35-9-3)15(6)21(31)32/h13-18,24-26H,7-12H2,1-6H3,(H,27,28)(H,29,30)(H,31,32). The lowest BCUT2D eigenvalue weighted by Gasteiger charge is -2.61. The number of thioether (sulfide) groups is 3. The first-order chi connectivity index (χ1) is 16.3.